The van der Waals surface area contributed by atoms with Crippen LogP contribution in [0.15, 0.2) is 55.4 Å². The van der Waals surface area contributed by atoms with Gasteiger partial charge in [0.1, 0.15) is 36.1 Å². The van der Waals surface area contributed by atoms with Crippen molar-refractivity contribution in [1.82, 2.24) is 29.9 Å². The summed E-state index contributed by atoms with van der Waals surface area (Å²) in [5.74, 6) is 20.2. The van der Waals surface area contributed by atoms with E-state index in [0.717, 1.165) is 40.2 Å². The van der Waals surface area contributed by atoms with Crippen LogP contribution >= 0.6 is 0 Å². The summed E-state index contributed by atoms with van der Waals surface area (Å²) in [7, 11) is 0. The molecule has 0 radical (unpaired) electrons. The molecule has 0 fully saturated rings. The van der Waals surface area contributed by atoms with Gasteiger partial charge in [-0.05, 0) is 78.3 Å². The van der Waals surface area contributed by atoms with E-state index in [9.17, 15) is 0 Å². The Morgan fingerprint density at radius 1 is 0.475 bits per heavy atom. The molecule has 0 spiro atoms. The van der Waals surface area contributed by atoms with Crippen LogP contribution in [0.2, 0.25) is 0 Å². The molecule has 4 rings (SSSR count). The smallest absolute Gasteiger partial charge is 0.117 e. The van der Waals surface area contributed by atoms with Crippen molar-refractivity contribution in [1.29, 1.82) is 0 Å². The summed E-state index contributed by atoms with van der Waals surface area (Å²) in [6.07, 6.45) is 5.69. The average molecular weight is 525 g/mol. The van der Waals surface area contributed by atoms with Gasteiger partial charge in [0.25, 0.3) is 0 Å². The van der Waals surface area contributed by atoms with Crippen LogP contribution in [-0.2, 0) is 0 Å². The molecule has 0 saturated carbocycles. The lowest BCUT2D eigenvalue weighted by Gasteiger charge is -2.06. The van der Waals surface area contributed by atoms with Gasteiger partial charge in [-0.2, -0.15) is 0 Å². The quantitative estimate of drug-likeness (QED) is 0.304. The summed E-state index contributed by atoms with van der Waals surface area (Å²) >= 11 is 0. The zero-order chi connectivity index (χ0) is 28.5. The number of aromatic nitrogens is 6. The van der Waals surface area contributed by atoms with Crippen LogP contribution in [0.25, 0.3) is 0 Å². The van der Waals surface area contributed by atoms with Crippen LogP contribution in [0.4, 0.5) is 0 Å². The van der Waals surface area contributed by atoms with Crippen LogP contribution in [0, 0.1) is 35.5 Å². The zero-order valence-corrected chi connectivity index (χ0v) is 23.8. The highest BCUT2D eigenvalue weighted by atomic mass is 14.8. The summed E-state index contributed by atoms with van der Waals surface area (Å²) in [6.45, 7) is 12.7. The van der Waals surface area contributed by atoms with Gasteiger partial charge in [-0.15, -0.1) is 0 Å². The van der Waals surface area contributed by atoms with Gasteiger partial charge in [-0.25, -0.2) is 29.9 Å². The Morgan fingerprint density at radius 2 is 0.825 bits per heavy atom. The summed E-state index contributed by atoms with van der Waals surface area (Å²) in [5, 5.41) is 0. The van der Waals surface area contributed by atoms with Crippen molar-refractivity contribution < 1.29 is 0 Å². The van der Waals surface area contributed by atoms with Crippen molar-refractivity contribution in [2.45, 2.75) is 65.7 Å². The molecule has 0 N–H and O–H groups in total. The summed E-state index contributed by atoms with van der Waals surface area (Å²) in [4.78, 5) is 26.0. The monoisotopic (exact) mass is 524 g/mol. The Kier molecular flexibility index (Phi) is 9.35. The van der Waals surface area contributed by atoms with E-state index in [4.69, 9.17) is 0 Å². The van der Waals surface area contributed by atoms with Crippen molar-refractivity contribution in [3.8, 4) is 35.5 Å². The molecule has 0 aliphatic carbocycles. The molecule has 0 amide bonds. The van der Waals surface area contributed by atoms with E-state index in [-0.39, 0.29) is 0 Å². The predicted molar refractivity (Wildman–Crippen MR) is 157 cm³/mol. The van der Waals surface area contributed by atoms with Crippen molar-refractivity contribution >= 4 is 0 Å². The molecule has 198 valence electrons. The minimum absolute atomic E-state index is 0.296. The topological polar surface area (TPSA) is 77.3 Å². The highest BCUT2D eigenvalue weighted by molar-refractivity contribution is 5.54. The molecule has 4 aromatic rings. The Bertz CT molecular complexity index is 1600. The fourth-order valence-corrected chi connectivity index (χ4v) is 3.68. The zero-order valence-electron chi connectivity index (χ0n) is 23.8. The number of hydrogen-bond acceptors (Lipinski definition) is 6. The first kappa shape index (κ1) is 28.2. The molecule has 1 unspecified atom stereocenters. The Balaban J connectivity index is 1.73. The summed E-state index contributed by atoms with van der Waals surface area (Å²) < 4.78 is 0. The number of hydrogen-bond donors (Lipinski definition) is 0. The van der Waals surface area contributed by atoms with Crippen LogP contribution in [0.1, 0.15) is 117 Å². The first-order valence-electron chi connectivity index (χ1n) is 13.5. The SMILES string of the molecule is CCC(C)c1cc(C#Cc2cc(C#Cc3cc(C(C)C)ncn3)cc(C#Cc3cc(C(C)C)ncn3)c2)ncn1. The lowest BCUT2D eigenvalue weighted by Crippen LogP contribution is -1.97. The largest absolute Gasteiger partial charge is 0.241 e. The van der Waals surface area contributed by atoms with Gasteiger partial charge in [0, 0.05) is 33.8 Å². The fourth-order valence-electron chi connectivity index (χ4n) is 3.68. The first-order chi connectivity index (χ1) is 19.3. The predicted octanol–water partition coefficient (Wildman–Crippen LogP) is 6.02. The van der Waals surface area contributed by atoms with Gasteiger partial charge in [0.2, 0.25) is 0 Å². The standard InChI is InChI=1S/C34H32N6/c1-7-25(6)34-19-31(37-22-40-34)13-10-28-15-26(8-11-29-17-32(23(2)3)38-20-35-29)14-27(16-28)9-12-30-18-33(24(4)5)39-21-36-30/h14-25H,7H2,1-6H3. The van der Waals surface area contributed by atoms with E-state index >= 15 is 0 Å². The van der Waals surface area contributed by atoms with Gasteiger partial charge in [-0.3, -0.25) is 0 Å². The molecule has 0 aliphatic rings. The molecule has 3 aromatic heterocycles. The van der Waals surface area contributed by atoms with Crippen LogP contribution < -0.4 is 0 Å². The number of nitrogens with zero attached hydrogens (tertiary/aromatic N) is 6. The number of rotatable bonds is 4. The van der Waals surface area contributed by atoms with E-state index < -0.39 is 0 Å². The lowest BCUT2D eigenvalue weighted by atomic mass is 10.0. The lowest BCUT2D eigenvalue weighted by molar-refractivity contribution is 0.703. The Morgan fingerprint density at radius 3 is 1.18 bits per heavy atom. The summed E-state index contributed by atoms with van der Waals surface area (Å²) in [6, 6.07) is 11.7. The number of benzene rings is 1. The molecule has 6 nitrogen and oxygen atoms in total. The van der Waals surface area contributed by atoms with Crippen molar-refractivity contribution in [2.75, 3.05) is 0 Å². The maximum absolute atomic E-state index is 4.40. The second kappa shape index (κ2) is 13.3. The highest BCUT2D eigenvalue weighted by Gasteiger charge is 2.06. The van der Waals surface area contributed by atoms with E-state index in [1.54, 1.807) is 19.0 Å². The highest BCUT2D eigenvalue weighted by Crippen LogP contribution is 2.16. The first-order valence-corrected chi connectivity index (χ1v) is 13.5. The van der Waals surface area contributed by atoms with Gasteiger partial charge in [0.15, 0.2) is 0 Å². The fraction of sp³-hybridized carbons (Fsp3) is 0.294. The van der Waals surface area contributed by atoms with Crippen LogP contribution in [-0.4, -0.2) is 29.9 Å². The maximum Gasteiger partial charge on any atom is 0.117 e. The van der Waals surface area contributed by atoms with Crippen molar-refractivity contribution in [3.63, 3.8) is 0 Å². The molecule has 6 heteroatoms. The molecule has 0 bridgehead atoms. The van der Waals surface area contributed by atoms with E-state index in [1.807, 2.05) is 36.4 Å². The third kappa shape index (κ3) is 7.83. The Labute approximate surface area is 237 Å². The third-order valence-electron chi connectivity index (χ3n) is 6.30. The maximum atomic E-state index is 4.40. The van der Waals surface area contributed by atoms with E-state index in [1.165, 1.54) is 0 Å². The van der Waals surface area contributed by atoms with Gasteiger partial charge in [0.05, 0.1) is 0 Å². The summed E-state index contributed by atoms with van der Waals surface area (Å²) in [5.41, 5.74) is 7.28. The molecule has 0 aliphatic heterocycles. The van der Waals surface area contributed by atoms with Gasteiger partial charge in [-0.1, -0.05) is 59.3 Å². The molecular weight excluding hydrogens is 492 g/mol. The van der Waals surface area contributed by atoms with Crippen molar-refractivity contribution in [2.24, 2.45) is 0 Å². The van der Waals surface area contributed by atoms with Crippen LogP contribution in [0.5, 0.6) is 0 Å². The molecule has 1 aromatic carbocycles. The molecular formula is C34H32N6. The van der Waals surface area contributed by atoms with E-state index in [2.05, 4.69) is 107 Å². The Hall–Kier alpha value is -4.86. The molecule has 1 atom stereocenters. The van der Waals surface area contributed by atoms with Crippen LogP contribution in [0.3, 0.4) is 0 Å². The molecule has 0 saturated heterocycles. The van der Waals surface area contributed by atoms with E-state index in [0.29, 0.717) is 34.8 Å². The average Bonchev–Trinajstić information content (AvgIpc) is 2.98. The third-order valence-corrected chi connectivity index (χ3v) is 6.30. The van der Waals surface area contributed by atoms with Gasteiger partial charge < -0.3 is 0 Å². The minimum atomic E-state index is 0.296. The second-order valence-electron chi connectivity index (χ2n) is 10.2. The second-order valence-corrected chi connectivity index (χ2v) is 10.2. The van der Waals surface area contributed by atoms with Gasteiger partial charge >= 0.3 is 0 Å². The molecule has 40 heavy (non-hydrogen) atoms. The van der Waals surface area contributed by atoms with Crippen molar-refractivity contribution in [3.05, 3.63) is 106 Å². The minimum Gasteiger partial charge on any atom is -0.241 e. The normalized spacial score (nSPS) is 11.1. The molecule has 3 heterocycles.